The van der Waals surface area contributed by atoms with Gasteiger partial charge in [0.05, 0.1) is 6.54 Å². The predicted octanol–water partition coefficient (Wildman–Crippen LogP) is 2.41. The van der Waals surface area contributed by atoms with Crippen molar-refractivity contribution in [3.63, 3.8) is 0 Å². The molecule has 6 nitrogen and oxygen atoms in total. The number of rotatable bonds is 7. The molecule has 1 fully saturated rings. The van der Waals surface area contributed by atoms with Crippen LogP contribution in [0.15, 0.2) is 54.6 Å². The molecule has 1 aliphatic heterocycles. The van der Waals surface area contributed by atoms with Crippen molar-refractivity contribution in [2.24, 2.45) is 0 Å². The van der Waals surface area contributed by atoms with Crippen LogP contribution in [0.2, 0.25) is 0 Å². The van der Waals surface area contributed by atoms with Gasteiger partial charge in [0.25, 0.3) is 5.91 Å². The van der Waals surface area contributed by atoms with Crippen LogP contribution >= 0.6 is 0 Å². The van der Waals surface area contributed by atoms with Crippen LogP contribution in [0, 0.1) is 0 Å². The van der Waals surface area contributed by atoms with E-state index < -0.39 is 0 Å². The number of ether oxygens (including phenoxy) is 1. The molecule has 2 aromatic rings. The van der Waals surface area contributed by atoms with Gasteiger partial charge in [0.15, 0.2) is 6.61 Å². The van der Waals surface area contributed by atoms with Crippen molar-refractivity contribution in [1.82, 2.24) is 9.80 Å². The van der Waals surface area contributed by atoms with Gasteiger partial charge in [-0.25, -0.2) is 0 Å². The summed E-state index contributed by atoms with van der Waals surface area (Å²) in [6.07, 6.45) is 0.979. The first-order valence-corrected chi connectivity index (χ1v) is 9.71. The van der Waals surface area contributed by atoms with Gasteiger partial charge >= 0.3 is 0 Å². The van der Waals surface area contributed by atoms with E-state index in [1.165, 1.54) is 5.56 Å². The minimum atomic E-state index is -0.0372. The molecule has 0 bridgehead atoms. The Hall–Kier alpha value is -2.86. The number of benzene rings is 2. The number of nitrogens with zero attached hydrogens (tertiary/aromatic N) is 2. The van der Waals surface area contributed by atoms with Crippen LogP contribution in [0.3, 0.4) is 0 Å². The van der Waals surface area contributed by atoms with E-state index in [9.17, 15) is 9.59 Å². The second-order valence-electron chi connectivity index (χ2n) is 6.86. The summed E-state index contributed by atoms with van der Waals surface area (Å²) in [6.45, 7) is 5.05. The molecule has 3 rings (SSSR count). The van der Waals surface area contributed by atoms with Gasteiger partial charge in [-0.1, -0.05) is 37.3 Å². The monoisotopic (exact) mass is 381 g/mol. The number of aryl methyl sites for hydroxylation is 1. The number of carbonyl (C=O) groups is 2. The minimum absolute atomic E-state index is 0.0204. The summed E-state index contributed by atoms with van der Waals surface area (Å²) in [6, 6.07) is 17.2. The lowest BCUT2D eigenvalue weighted by molar-refractivity contribution is -0.135. The highest BCUT2D eigenvalue weighted by Gasteiger charge is 2.22. The number of amides is 2. The molecule has 0 radical (unpaired) electrons. The summed E-state index contributed by atoms with van der Waals surface area (Å²) in [5.41, 5.74) is 2.04. The third kappa shape index (κ3) is 5.82. The molecule has 0 unspecified atom stereocenters. The average molecular weight is 381 g/mol. The lowest BCUT2D eigenvalue weighted by Gasteiger charge is -2.34. The Morgan fingerprint density at radius 3 is 2.29 bits per heavy atom. The maximum atomic E-state index is 12.4. The SMILES string of the molecule is CCc1ccc(OCC(=O)N2CCN(CC(=O)Nc3ccccc3)CC2)cc1. The second-order valence-corrected chi connectivity index (χ2v) is 6.86. The molecular formula is C22H27N3O3. The summed E-state index contributed by atoms with van der Waals surface area (Å²) in [7, 11) is 0. The van der Waals surface area contributed by atoms with Gasteiger partial charge in [0.1, 0.15) is 5.75 Å². The van der Waals surface area contributed by atoms with Crippen LogP contribution < -0.4 is 10.1 Å². The van der Waals surface area contributed by atoms with Gasteiger partial charge in [-0.05, 0) is 36.2 Å². The number of piperazine rings is 1. The van der Waals surface area contributed by atoms with Crippen molar-refractivity contribution >= 4 is 17.5 Å². The predicted molar refractivity (Wildman–Crippen MR) is 109 cm³/mol. The van der Waals surface area contributed by atoms with Crippen molar-refractivity contribution < 1.29 is 14.3 Å². The van der Waals surface area contributed by atoms with Crippen molar-refractivity contribution in [3.8, 4) is 5.75 Å². The summed E-state index contributed by atoms with van der Waals surface area (Å²) in [4.78, 5) is 28.4. The average Bonchev–Trinajstić information content (AvgIpc) is 2.73. The van der Waals surface area contributed by atoms with Crippen molar-refractivity contribution in [1.29, 1.82) is 0 Å². The zero-order valence-corrected chi connectivity index (χ0v) is 16.3. The Kier molecular flexibility index (Phi) is 7.03. The van der Waals surface area contributed by atoms with Crippen LogP contribution in [0.25, 0.3) is 0 Å². The number of hydrogen-bond donors (Lipinski definition) is 1. The lowest BCUT2D eigenvalue weighted by atomic mass is 10.2. The van der Waals surface area contributed by atoms with E-state index in [4.69, 9.17) is 4.74 Å². The summed E-state index contributed by atoms with van der Waals surface area (Å²) in [5, 5.41) is 2.89. The third-order valence-corrected chi connectivity index (χ3v) is 4.84. The number of anilines is 1. The first-order valence-electron chi connectivity index (χ1n) is 9.71. The molecule has 1 saturated heterocycles. The molecule has 0 aliphatic carbocycles. The molecule has 0 aromatic heterocycles. The number of para-hydroxylation sites is 1. The number of hydrogen-bond acceptors (Lipinski definition) is 4. The maximum absolute atomic E-state index is 12.4. The standard InChI is InChI=1S/C22H27N3O3/c1-2-18-8-10-20(11-9-18)28-17-22(27)25-14-12-24(13-15-25)16-21(26)23-19-6-4-3-5-7-19/h3-11H,2,12-17H2,1H3,(H,23,26). The van der Waals surface area contributed by atoms with Crippen LogP contribution in [0.4, 0.5) is 5.69 Å². The highest BCUT2D eigenvalue weighted by Crippen LogP contribution is 2.13. The van der Waals surface area contributed by atoms with Crippen LogP contribution in [-0.2, 0) is 16.0 Å². The molecule has 0 saturated carbocycles. The van der Waals surface area contributed by atoms with Crippen molar-refractivity contribution in [3.05, 3.63) is 60.2 Å². The van der Waals surface area contributed by atoms with E-state index in [0.29, 0.717) is 38.5 Å². The van der Waals surface area contributed by atoms with Gasteiger partial charge in [-0.2, -0.15) is 0 Å². The first kappa shape index (κ1) is 19.9. The molecule has 6 heteroatoms. The van der Waals surface area contributed by atoms with Crippen molar-refractivity contribution in [2.75, 3.05) is 44.6 Å². The molecule has 1 N–H and O–H groups in total. The fourth-order valence-corrected chi connectivity index (χ4v) is 3.14. The highest BCUT2D eigenvalue weighted by atomic mass is 16.5. The highest BCUT2D eigenvalue weighted by molar-refractivity contribution is 5.92. The Labute approximate surface area is 166 Å². The molecule has 148 valence electrons. The van der Waals surface area contributed by atoms with E-state index >= 15 is 0 Å². The Morgan fingerprint density at radius 2 is 1.64 bits per heavy atom. The number of carbonyl (C=O) groups excluding carboxylic acids is 2. The van der Waals surface area contributed by atoms with E-state index in [1.54, 1.807) is 4.90 Å². The molecule has 2 amide bonds. The Balaban J connectivity index is 1.38. The van der Waals surface area contributed by atoms with Gasteiger partial charge in [-0.15, -0.1) is 0 Å². The van der Waals surface area contributed by atoms with E-state index in [1.807, 2.05) is 54.6 Å². The largest absolute Gasteiger partial charge is 0.484 e. The molecule has 1 heterocycles. The summed E-state index contributed by atoms with van der Waals surface area (Å²) >= 11 is 0. The normalized spacial score (nSPS) is 14.5. The topological polar surface area (TPSA) is 61.9 Å². The molecule has 28 heavy (non-hydrogen) atoms. The summed E-state index contributed by atoms with van der Waals surface area (Å²) < 4.78 is 5.61. The second kappa shape index (κ2) is 9.90. The molecular weight excluding hydrogens is 354 g/mol. The first-order chi connectivity index (χ1) is 13.6. The van der Waals surface area contributed by atoms with E-state index in [2.05, 4.69) is 17.1 Å². The van der Waals surface area contributed by atoms with Crippen LogP contribution in [0.1, 0.15) is 12.5 Å². The maximum Gasteiger partial charge on any atom is 0.260 e. The molecule has 0 spiro atoms. The third-order valence-electron chi connectivity index (χ3n) is 4.84. The molecule has 2 aromatic carbocycles. The van der Waals surface area contributed by atoms with Crippen LogP contribution in [-0.4, -0.2) is 60.9 Å². The van der Waals surface area contributed by atoms with Gasteiger partial charge < -0.3 is 15.0 Å². The molecule has 0 atom stereocenters. The minimum Gasteiger partial charge on any atom is -0.484 e. The smallest absolute Gasteiger partial charge is 0.260 e. The lowest BCUT2D eigenvalue weighted by Crippen LogP contribution is -2.51. The Morgan fingerprint density at radius 1 is 0.964 bits per heavy atom. The fraction of sp³-hybridized carbons (Fsp3) is 0.364. The zero-order chi connectivity index (χ0) is 19.8. The zero-order valence-electron chi connectivity index (χ0n) is 16.3. The van der Waals surface area contributed by atoms with E-state index in [0.717, 1.165) is 12.1 Å². The van der Waals surface area contributed by atoms with Gasteiger partial charge in [0, 0.05) is 31.9 Å². The van der Waals surface area contributed by atoms with Crippen LogP contribution in [0.5, 0.6) is 5.75 Å². The van der Waals surface area contributed by atoms with E-state index in [-0.39, 0.29) is 18.4 Å². The molecule has 1 aliphatic rings. The van der Waals surface area contributed by atoms with Gasteiger partial charge in [-0.3, -0.25) is 14.5 Å². The van der Waals surface area contributed by atoms with Gasteiger partial charge in [0.2, 0.25) is 5.91 Å². The fourth-order valence-electron chi connectivity index (χ4n) is 3.14. The quantitative estimate of drug-likeness (QED) is 0.800. The Bertz CT molecular complexity index is 769. The number of nitrogens with one attached hydrogen (secondary N) is 1. The summed E-state index contributed by atoms with van der Waals surface area (Å²) in [5.74, 6) is 0.652. The van der Waals surface area contributed by atoms with Crippen molar-refractivity contribution in [2.45, 2.75) is 13.3 Å².